The number of ether oxygens (including phenoxy) is 1. The highest BCUT2D eigenvalue weighted by molar-refractivity contribution is 5.78. The largest absolute Gasteiger partial charge is 0.493 e. The Morgan fingerprint density at radius 2 is 2.17 bits per heavy atom. The van der Waals surface area contributed by atoms with E-state index in [1.165, 1.54) is 6.07 Å². The maximum absolute atomic E-state index is 13.6. The summed E-state index contributed by atoms with van der Waals surface area (Å²) < 4.78 is 19.3. The van der Waals surface area contributed by atoms with Crippen molar-refractivity contribution in [2.45, 2.75) is 25.6 Å². The van der Waals surface area contributed by atoms with Crippen LogP contribution in [0.5, 0.6) is 5.75 Å². The molecule has 0 fully saturated rings. The zero-order valence-corrected chi connectivity index (χ0v) is 13.2. The number of aliphatic hydroxyl groups is 1. The molecule has 3 rings (SSSR count). The van der Waals surface area contributed by atoms with Gasteiger partial charge in [0.2, 0.25) is 0 Å². The van der Waals surface area contributed by atoms with Crippen LogP contribution in [0.25, 0.3) is 0 Å². The van der Waals surface area contributed by atoms with Crippen molar-refractivity contribution in [2.75, 3.05) is 6.61 Å². The quantitative estimate of drug-likeness (QED) is 0.594. The van der Waals surface area contributed by atoms with Crippen LogP contribution in [0.2, 0.25) is 0 Å². The second-order valence-electron chi connectivity index (χ2n) is 5.66. The Kier molecular flexibility index (Phi) is 4.96. The first-order chi connectivity index (χ1) is 11.7. The minimum absolute atomic E-state index is 0.0483. The molecule has 0 saturated carbocycles. The Hall–Kier alpha value is -2.60. The Bertz CT molecular complexity index is 749. The van der Waals surface area contributed by atoms with Gasteiger partial charge in [-0.2, -0.15) is 0 Å². The van der Waals surface area contributed by atoms with E-state index in [-0.39, 0.29) is 24.8 Å². The van der Waals surface area contributed by atoms with Crippen LogP contribution in [0, 0.1) is 5.82 Å². The molecular weight excluding hydrogens is 309 g/mol. The third-order valence-electron chi connectivity index (χ3n) is 4.00. The number of aliphatic imine (C=N–C) groups is 1. The highest BCUT2D eigenvalue weighted by Gasteiger charge is 2.21. The van der Waals surface area contributed by atoms with Gasteiger partial charge in [-0.3, -0.25) is 0 Å². The molecule has 0 radical (unpaired) electrons. The monoisotopic (exact) mass is 329 g/mol. The van der Waals surface area contributed by atoms with E-state index in [0.29, 0.717) is 18.1 Å². The fraction of sp³-hybridized carbons (Fsp3) is 0.278. The molecule has 126 valence electrons. The van der Waals surface area contributed by atoms with Crippen LogP contribution in [-0.4, -0.2) is 17.7 Å². The van der Waals surface area contributed by atoms with E-state index < -0.39 is 5.82 Å². The number of benzene rings is 2. The van der Waals surface area contributed by atoms with Gasteiger partial charge in [0.05, 0.1) is 25.8 Å². The third-order valence-corrected chi connectivity index (χ3v) is 4.00. The van der Waals surface area contributed by atoms with Crippen LogP contribution < -0.4 is 15.8 Å². The Morgan fingerprint density at radius 3 is 2.96 bits per heavy atom. The number of hydrogen-bond acceptors (Lipinski definition) is 3. The lowest BCUT2D eigenvalue weighted by Crippen LogP contribution is -2.37. The first-order valence-corrected chi connectivity index (χ1v) is 7.83. The average Bonchev–Trinajstić information content (AvgIpc) is 2.60. The number of halogens is 1. The number of fused-ring (bicyclic) bond motifs is 1. The number of guanidine groups is 1. The molecule has 0 aromatic heterocycles. The van der Waals surface area contributed by atoms with Gasteiger partial charge in [-0.15, -0.1) is 0 Å². The van der Waals surface area contributed by atoms with Crippen molar-refractivity contribution in [3.05, 3.63) is 65.0 Å². The zero-order chi connectivity index (χ0) is 16.9. The second kappa shape index (κ2) is 7.31. The first-order valence-electron chi connectivity index (χ1n) is 7.83. The molecule has 0 saturated heterocycles. The zero-order valence-electron chi connectivity index (χ0n) is 13.2. The number of rotatable bonds is 4. The molecular formula is C18H20FN3O2. The lowest BCUT2D eigenvalue weighted by molar-refractivity contribution is 0.262. The fourth-order valence-corrected chi connectivity index (χ4v) is 2.71. The summed E-state index contributed by atoms with van der Waals surface area (Å²) in [7, 11) is 0. The topological polar surface area (TPSA) is 79.9 Å². The summed E-state index contributed by atoms with van der Waals surface area (Å²) >= 11 is 0. The molecule has 1 heterocycles. The van der Waals surface area contributed by atoms with Gasteiger partial charge in [0.15, 0.2) is 5.96 Å². The van der Waals surface area contributed by atoms with Crippen molar-refractivity contribution in [3.8, 4) is 5.75 Å². The van der Waals surface area contributed by atoms with Crippen LogP contribution in [0.15, 0.2) is 47.5 Å². The molecule has 0 bridgehead atoms. The van der Waals surface area contributed by atoms with Crippen molar-refractivity contribution in [3.63, 3.8) is 0 Å². The van der Waals surface area contributed by atoms with Crippen molar-refractivity contribution in [1.29, 1.82) is 0 Å². The Balaban J connectivity index is 1.66. The summed E-state index contributed by atoms with van der Waals surface area (Å²) in [6.07, 6.45) is 0.799. The molecule has 0 spiro atoms. The molecule has 6 heteroatoms. The van der Waals surface area contributed by atoms with E-state index in [0.717, 1.165) is 17.7 Å². The van der Waals surface area contributed by atoms with E-state index in [1.54, 1.807) is 12.1 Å². The molecule has 2 aromatic carbocycles. The summed E-state index contributed by atoms with van der Waals surface area (Å²) in [6.45, 7) is 0.574. The molecule has 0 aliphatic carbocycles. The molecule has 1 atom stereocenters. The molecule has 1 aliphatic heterocycles. The SMILES string of the molecule is NC(=NCc1ccc(CO)c(F)c1)NC1CCOc2ccccc21. The number of nitrogens with one attached hydrogen (secondary N) is 1. The van der Waals surface area contributed by atoms with Crippen LogP contribution in [0.3, 0.4) is 0 Å². The number of hydrogen-bond donors (Lipinski definition) is 3. The lowest BCUT2D eigenvalue weighted by atomic mass is 10.0. The Morgan fingerprint density at radius 1 is 1.33 bits per heavy atom. The van der Waals surface area contributed by atoms with Crippen molar-refractivity contribution < 1.29 is 14.2 Å². The van der Waals surface area contributed by atoms with Crippen LogP contribution >= 0.6 is 0 Å². The van der Waals surface area contributed by atoms with E-state index >= 15 is 0 Å². The van der Waals surface area contributed by atoms with Crippen molar-refractivity contribution >= 4 is 5.96 Å². The summed E-state index contributed by atoms with van der Waals surface area (Å²) in [5.41, 5.74) is 7.99. The highest BCUT2D eigenvalue weighted by atomic mass is 19.1. The van der Waals surface area contributed by atoms with E-state index in [1.807, 2.05) is 24.3 Å². The Labute approximate surface area is 140 Å². The maximum Gasteiger partial charge on any atom is 0.189 e. The predicted octanol–water partition coefficient (Wildman–Crippen LogP) is 2.25. The summed E-state index contributed by atoms with van der Waals surface area (Å²) in [5, 5.41) is 12.2. The van der Waals surface area contributed by atoms with Gasteiger partial charge < -0.3 is 20.9 Å². The fourth-order valence-electron chi connectivity index (χ4n) is 2.71. The van der Waals surface area contributed by atoms with Gasteiger partial charge in [0.1, 0.15) is 11.6 Å². The summed E-state index contributed by atoms with van der Waals surface area (Å²) in [4.78, 5) is 4.27. The second-order valence-corrected chi connectivity index (χ2v) is 5.66. The molecule has 24 heavy (non-hydrogen) atoms. The van der Waals surface area contributed by atoms with Gasteiger partial charge in [-0.25, -0.2) is 9.38 Å². The van der Waals surface area contributed by atoms with Crippen molar-refractivity contribution in [1.82, 2.24) is 5.32 Å². The highest BCUT2D eigenvalue weighted by Crippen LogP contribution is 2.31. The lowest BCUT2D eigenvalue weighted by Gasteiger charge is -2.26. The van der Waals surface area contributed by atoms with Gasteiger partial charge in [0, 0.05) is 17.5 Å². The van der Waals surface area contributed by atoms with Crippen LogP contribution in [0.1, 0.15) is 29.2 Å². The molecule has 1 aliphatic rings. The standard InChI is InChI=1S/C18H20FN3O2/c19-15-9-12(5-6-13(15)11-23)10-21-18(20)22-16-7-8-24-17-4-2-1-3-14(16)17/h1-6,9,16,23H,7-8,10-11H2,(H3,20,21,22). The van der Waals surface area contributed by atoms with Gasteiger partial charge >= 0.3 is 0 Å². The van der Waals surface area contributed by atoms with Crippen LogP contribution in [0.4, 0.5) is 4.39 Å². The number of para-hydroxylation sites is 1. The minimum atomic E-state index is -0.435. The average molecular weight is 329 g/mol. The molecule has 5 nitrogen and oxygen atoms in total. The smallest absolute Gasteiger partial charge is 0.189 e. The number of nitrogens with two attached hydrogens (primary N) is 1. The summed E-state index contributed by atoms with van der Waals surface area (Å²) in [5.74, 6) is 0.731. The third kappa shape index (κ3) is 3.65. The minimum Gasteiger partial charge on any atom is -0.493 e. The van der Waals surface area contributed by atoms with Gasteiger partial charge in [-0.1, -0.05) is 30.3 Å². The van der Waals surface area contributed by atoms with Gasteiger partial charge in [0.25, 0.3) is 0 Å². The predicted molar refractivity (Wildman–Crippen MR) is 90.1 cm³/mol. The molecule has 0 amide bonds. The first kappa shape index (κ1) is 16.3. The molecule has 1 unspecified atom stereocenters. The normalized spacial score (nSPS) is 17.1. The van der Waals surface area contributed by atoms with E-state index in [2.05, 4.69) is 10.3 Å². The van der Waals surface area contributed by atoms with E-state index in [9.17, 15) is 4.39 Å². The van der Waals surface area contributed by atoms with Gasteiger partial charge in [-0.05, 0) is 17.7 Å². The number of aliphatic hydroxyl groups excluding tert-OH is 1. The van der Waals surface area contributed by atoms with Crippen LogP contribution in [-0.2, 0) is 13.2 Å². The summed E-state index contributed by atoms with van der Waals surface area (Å²) in [6, 6.07) is 12.5. The van der Waals surface area contributed by atoms with E-state index in [4.69, 9.17) is 15.6 Å². The maximum atomic E-state index is 13.6. The molecule has 2 aromatic rings. The number of nitrogens with zero attached hydrogens (tertiary/aromatic N) is 1. The van der Waals surface area contributed by atoms with Crippen molar-refractivity contribution in [2.24, 2.45) is 10.7 Å². The molecule has 4 N–H and O–H groups in total.